The van der Waals surface area contributed by atoms with Gasteiger partial charge in [-0.15, -0.1) is 11.8 Å². The van der Waals surface area contributed by atoms with Crippen molar-refractivity contribution in [1.29, 1.82) is 0 Å². The molecule has 3 fully saturated rings. The number of thioether (sulfide) groups is 1. The van der Waals surface area contributed by atoms with Gasteiger partial charge in [0.2, 0.25) is 0 Å². The second-order valence-corrected chi connectivity index (χ2v) is 13.1. The smallest absolute Gasteiger partial charge is 0.0840 e. The van der Waals surface area contributed by atoms with Gasteiger partial charge in [-0.2, -0.15) is 0 Å². The van der Waals surface area contributed by atoms with Crippen LogP contribution in [0.25, 0.3) is 0 Å². The van der Waals surface area contributed by atoms with Gasteiger partial charge in [0.1, 0.15) is 0 Å². The van der Waals surface area contributed by atoms with Crippen molar-refractivity contribution in [3.05, 3.63) is 65.3 Å². The van der Waals surface area contributed by atoms with Gasteiger partial charge in [0, 0.05) is 17.1 Å². The second-order valence-electron chi connectivity index (χ2n) is 12.0. The number of aliphatic hydroxyl groups is 3. The van der Waals surface area contributed by atoms with Gasteiger partial charge in [0.25, 0.3) is 0 Å². The summed E-state index contributed by atoms with van der Waals surface area (Å²) >= 11 is 1.92. The van der Waals surface area contributed by atoms with Crippen LogP contribution >= 0.6 is 11.8 Å². The Morgan fingerprint density at radius 3 is 2.74 bits per heavy atom. The van der Waals surface area contributed by atoms with Gasteiger partial charge in [-0.05, 0) is 104 Å². The van der Waals surface area contributed by atoms with Gasteiger partial charge in [-0.1, -0.05) is 50.3 Å². The van der Waals surface area contributed by atoms with Crippen molar-refractivity contribution in [2.24, 2.45) is 23.2 Å². The molecule has 1 unspecified atom stereocenters. The Morgan fingerprint density at radius 1 is 1.23 bits per heavy atom. The zero-order chi connectivity index (χ0) is 25.4. The summed E-state index contributed by atoms with van der Waals surface area (Å²) in [6.07, 6.45) is 10.5. The van der Waals surface area contributed by atoms with Crippen molar-refractivity contribution >= 4 is 11.8 Å². The first-order valence-corrected chi connectivity index (χ1v) is 14.4. The molecular weight excluding hydrogens is 452 g/mol. The molecule has 0 saturated heterocycles. The predicted molar refractivity (Wildman–Crippen MR) is 146 cm³/mol. The first-order valence-electron chi connectivity index (χ1n) is 13.4. The van der Waals surface area contributed by atoms with E-state index in [1.807, 2.05) is 31.7 Å². The lowest BCUT2D eigenvalue weighted by molar-refractivity contribution is 0.0783. The number of hydrogen-bond acceptors (Lipinski definition) is 4. The van der Waals surface area contributed by atoms with Crippen LogP contribution in [-0.2, 0) is 5.60 Å². The van der Waals surface area contributed by atoms with Crippen molar-refractivity contribution in [3.63, 3.8) is 0 Å². The highest BCUT2D eigenvalue weighted by molar-refractivity contribution is 7.99. The van der Waals surface area contributed by atoms with Crippen molar-refractivity contribution in [2.45, 2.75) is 95.3 Å². The molecule has 0 amide bonds. The third-order valence-corrected chi connectivity index (χ3v) is 10.3. The first kappa shape index (κ1) is 26.7. The van der Waals surface area contributed by atoms with E-state index >= 15 is 0 Å². The Bertz CT molecular complexity index is 987. The van der Waals surface area contributed by atoms with Crippen molar-refractivity contribution in [1.82, 2.24) is 0 Å². The fraction of sp³-hybridized carbons (Fsp3) is 0.613. The summed E-state index contributed by atoms with van der Waals surface area (Å²) in [5.41, 5.74) is 3.82. The van der Waals surface area contributed by atoms with E-state index in [1.165, 1.54) is 30.6 Å². The van der Waals surface area contributed by atoms with E-state index in [0.29, 0.717) is 36.0 Å². The maximum atomic E-state index is 10.4. The van der Waals surface area contributed by atoms with Crippen LogP contribution in [0.4, 0.5) is 0 Å². The van der Waals surface area contributed by atoms with E-state index in [-0.39, 0.29) is 0 Å². The fourth-order valence-corrected chi connectivity index (χ4v) is 8.06. The molecule has 192 valence electrons. The van der Waals surface area contributed by atoms with Gasteiger partial charge in [-0.3, -0.25) is 0 Å². The lowest BCUT2D eigenvalue weighted by Gasteiger charge is -2.44. The third-order valence-electron chi connectivity index (χ3n) is 9.04. The van der Waals surface area contributed by atoms with Crippen LogP contribution < -0.4 is 0 Å². The minimum Gasteiger partial charge on any atom is -0.393 e. The normalized spacial score (nSPS) is 34.9. The summed E-state index contributed by atoms with van der Waals surface area (Å²) in [5.74, 6) is 3.06. The van der Waals surface area contributed by atoms with Crippen LogP contribution in [0, 0.1) is 23.2 Å². The standard InChI is InChI=1S/C31H44O3S/c1-20(19-35-26-10-6-9-24(17-26)30(3,4)34)27-13-14-28-22(8-7-15-31(27,28)5)11-12-23-16-25(32)18-29(33)21(23)2/h6,9-12,17,20,25,27-29,32-34H,2,7-8,13-16,18-19H2,1,3-5H3/b22-11+,23-12-/t20-,25+,27?,28-,29-,31+/m0/s1. The lowest BCUT2D eigenvalue weighted by atomic mass is 9.61. The third kappa shape index (κ3) is 5.82. The fourth-order valence-electron chi connectivity index (χ4n) is 6.99. The highest BCUT2D eigenvalue weighted by Gasteiger charge is 2.50. The lowest BCUT2D eigenvalue weighted by Crippen LogP contribution is -2.36. The van der Waals surface area contributed by atoms with Crippen molar-refractivity contribution in [3.8, 4) is 0 Å². The minimum atomic E-state index is -0.811. The first-order chi connectivity index (χ1) is 16.5. The van der Waals surface area contributed by atoms with Crippen LogP contribution in [-0.4, -0.2) is 33.3 Å². The molecule has 0 aliphatic heterocycles. The van der Waals surface area contributed by atoms with Gasteiger partial charge < -0.3 is 15.3 Å². The van der Waals surface area contributed by atoms with Gasteiger partial charge in [0.05, 0.1) is 17.8 Å². The maximum Gasteiger partial charge on any atom is 0.0840 e. The molecule has 1 aromatic carbocycles. The van der Waals surface area contributed by atoms with Gasteiger partial charge in [0.15, 0.2) is 0 Å². The summed E-state index contributed by atoms with van der Waals surface area (Å²) in [4.78, 5) is 1.24. The molecule has 3 N–H and O–H groups in total. The Kier molecular flexibility index (Phi) is 8.07. The summed E-state index contributed by atoms with van der Waals surface area (Å²) in [5, 5.41) is 30.7. The Morgan fingerprint density at radius 2 is 2.00 bits per heavy atom. The van der Waals surface area contributed by atoms with Crippen LogP contribution in [0.2, 0.25) is 0 Å². The van der Waals surface area contributed by atoms with Crippen LogP contribution in [0.3, 0.4) is 0 Å². The summed E-state index contributed by atoms with van der Waals surface area (Å²) in [6, 6.07) is 8.36. The number of benzene rings is 1. The number of hydrogen-bond donors (Lipinski definition) is 3. The van der Waals surface area contributed by atoms with Crippen LogP contribution in [0.1, 0.15) is 78.2 Å². The molecule has 3 nitrogen and oxygen atoms in total. The summed E-state index contributed by atoms with van der Waals surface area (Å²) < 4.78 is 0. The molecule has 0 radical (unpaired) electrons. The average Bonchev–Trinajstić information content (AvgIpc) is 3.16. The van der Waals surface area contributed by atoms with E-state index in [1.54, 1.807) is 5.57 Å². The topological polar surface area (TPSA) is 60.7 Å². The molecule has 35 heavy (non-hydrogen) atoms. The monoisotopic (exact) mass is 496 g/mol. The number of fused-ring (bicyclic) bond motifs is 1. The molecule has 0 bridgehead atoms. The zero-order valence-electron chi connectivity index (χ0n) is 22.0. The Labute approximate surface area is 216 Å². The average molecular weight is 497 g/mol. The van der Waals surface area contributed by atoms with E-state index in [9.17, 15) is 15.3 Å². The molecule has 4 heteroatoms. The van der Waals surface area contributed by atoms with Crippen molar-refractivity contribution in [2.75, 3.05) is 5.75 Å². The molecule has 4 rings (SSSR count). The van der Waals surface area contributed by atoms with E-state index in [2.05, 4.69) is 50.8 Å². The largest absolute Gasteiger partial charge is 0.393 e. The predicted octanol–water partition coefficient (Wildman–Crippen LogP) is 6.78. The summed E-state index contributed by atoms with van der Waals surface area (Å²) in [7, 11) is 0. The van der Waals surface area contributed by atoms with Gasteiger partial charge in [-0.25, -0.2) is 0 Å². The Balaban J connectivity index is 1.45. The second kappa shape index (κ2) is 10.6. The molecule has 0 spiro atoms. The molecule has 0 aromatic heterocycles. The molecule has 3 aliphatic rings. The van der Waals surface area contributed by atoms with E-state index in [0.717, 1.165) is 28.9 Å². The minimum absolute atomic E-state index is 0.333. The molecule has 3 aliphatic carbocycles. The molecule has 0 heterocycles. The molecule has 1 aromatic rings. The molecular formula is C31H44O3S. The Hall–Kier alpha value is -1.33. The van der Waals surface area contributed by atoms with Crippen LogP contribution in [0.15, 0.2) is 64.6 Å². The SMILES string of the molecule is C=C1/C(=C\C=C2/CCC[C@]3(C)C([C@@H](C)CSc4cccc(C(C)(C)O)c4)CC[C@@H]23)C[C@@H](O)C[C@@H]1O. The highest BCUT2D eigenvalue weighted by atomic mass is 32.2. The zero-order valence-corrected chi connectivity index (χ0v) is 22.8. The van der Waals surface area contributed by atoms with E-state index in [4.69, 9.17) is 0 Å². The maximum absolute atomic E-state index is 10.4. The van der Waals surface area contributed by atoms with Crippen molar-refractivity contribution < 1.29 is 15.3 Å². The van der Waals surface area contributed by atoms with Gasteiger partial charge >= 0.3 is 0 Å². The van der Waals surface area contributed by atoms with E-state index < -0.39 is 17.8 Å². The number of aliphatic hydroxyl groups excluding tert-OH is 2. The molecule has 3 saturated carbocycles. The van der Waals surface area contributed by atoms with Crippen LogP contribution in [0.5, 0.6) is 0 Å². The quantitative estimate of drug-likeness (QED) is 0.380. The highest BCUT2D eigenvalue weighted by Crippen LogP contribution is 2.59. The number of allylic oxidation sites excluding steroid dienone is 3. The number of rotatable bonds is 6. The molecule has 6 atom stereocenters. The summed E-state index contributed by atoms with van der Waals surface area (Å²) in [6.45, 7) is 12.7.